The quantitative estimate of drug-likeness (QED) is 0.582. The fourth-order valence-corrected chi connectivity index (χ4v) is 8.01. The van der Waals surface area contributed by atoms with Crippen LogP contribution in [0, 0.1) is 34.5 Å². The van der Waals surface area contributed by atoms with Crippen LogP contribution in [-0.2, 0) is 19.1 Å². The molecule has 0 spiro atoms. The summed E-state index contributed by atoms with van der Waals surface area (Å²) in [6.07, 6.45) is 8.47. The molecule has 0 aromatic heterocycles. The lowest BCUT2D eigenvalue weighted by Gasteiger charge is -2.49. The molecular weight excluding hydrogens is 408 g/mol. The van der Waals surface area contributed by atoms with Crippen molar-refractivity contribution in [2.24, 2.45) is 34.5 Å². The number of rotatable bonds is 6. The smallest absolute Gasteiger partial charge is 0.310 e. The van der Waals surface area contributed by atoms with Crippen molar-refractivity contribution in [1.29, 1.82) is 0 Å². The minimum atomic E-state index is -0.858. The molecule has 0 radical (unpaired) electrons. The van der Waals surface area contributed by atoms with Crippen molar-refractivity contribution in [2.75, 3.05) is 13.2 Å². The van der Waals surface area contributed by atoms with Crippen LogP contribution in [0.4, 0.5) is 0 Å². The molecule has 0 amide bonds. The maximum Gasteiger partial charge on any atom is 0.310 e. The zero-order valence-electron chi connectivity index (χ0n) is 20.3. The molecule has 6 nitrogen and oxygen atoms in total. The molecule has 6 heteroatoms. The lowest BCUT2D eigenvalue weighted by atomic mass is 9.54. The molecular formula is C26H42O6. The minimum Gasteiger partial charge on any atom is -0.481 e. The van der Waals surface area contributed by atoms with Crippen molar-refractivity contribution in [3.63, 3.8) is 0 Å². The standard InChI is InChI=1S/C26H42O6/c1-5-17-7-11-25(12-8-17,21(27)28)19-15-31-24(4)20(16-32-23(19,24)3)26(22(29)30)13-9-18(6-2)10-14-26/h17-20H,5-16H2,1-4H3,(H,27,28)(H,29,30)/t17?,18?,19-,20+,23-,24-,25?,26?/m0/s1. The summed E-state index contributed by atoms with van der Waals surface area (Å²) in [5.41, 5.74) is -3.30. The first-order valence-electron chi connectivity index (χ1n) is 12.8. The van der Waals surface area contributed by atoms with Gasteiger partial charge in [0.2, 0.25) is 0 Å². The number of carboxylic acid groups (broad SMARTS) is 2. The van der Waals surface area contributed by atoms with Gasteiger partial charge in [0.05, 0.1) is 24.0 Å². The highest BCUT2D eigenvalue weighted by Crippen LogP contribution is 2.64. The molecule has 0 unspecified atom stereocenters. The third-order valence-electron chi connectivity index (χ3n) is 10.8. The Morgan fingerprint density at radius 1 is 0.719 bits per heavy atom. The molecule has 2 saturated heterocycles. The van der Waals surface area contributed by atoms with Gasteiger partial charge in [-0.05, 0) is 77.0 Å². The highest BCUT2D eigenvalue weighted by Gasteiger charge is 2.74. The molecule has 0 aromatic carbocycles. The number of hydrogen-bond acceptors (Lipinski definition) is 4. The van der Waals surface area contributed by atoms with Crippen LogP contribution in [0.2, 0.25) is 0 Å². The van der Waals surface area contributed by atoms with Gasteiger partial charge in [0, 0.05) is 11.8 Å². The molecule has 4 atom stereocenters. The first-order valence-corrected chi connectivity index (χ1v) is 12.8. The summed E-state index contributed by atoms with van der Waals surface area (Å²) in [4.78, 5) is 25.4. The van der Waals surface area contributed by atoms with Crippen LogP contribution >= 0.6 is 0 Å². The molecule has 2 aliphatic heterocycles. The lowest BCUT2D eigenvalue weighted by Crippen LogP contribution is -2.59. The van der Waals surface area contributed by atoms with Gasteiger partial charge in [0.25, 0.3) is 0 Å². The van der Waals surface area contributed by atoms with Gasteiger partial charge in [0.1, 0.15) is 11.2 Å². The van der Waals surface area contributed by atoms with Crippen LogP contribution in [0.1, 0.15) is 91.9 Å². The number of ether oxygens (including phenoxy) is 2. The second-order valence-electron chi connectivity index (χ2n) is 11.6. The molecule has 2 heterocycles. The molecule has 4 aliphatic rings. The fraction of sp³-hybridized carbons (Fsp3) is 0.923. The Hall–Kier alpha value is -1.14. The normalized spacial score (nSPS) is 49.0. The van der Waals surface area contributed by atoms with Crippen LogP contribution in [0.15, 0.2) is 0 Å². The maximum absolute atomic E-state index is 12.7. The summed E-state index contributed by atoms with van der Waals surface area (Å²) < 4.78 is 13.0. The SMILES string of the molecule is CCC1CCC(C(=O)O)([C@H]2CO[C@@]3(C)[C@H](C4(C(=O)O)CCC(CC)CC4)CO[C@@]23C)CC1. The van der Waals surface area contributed by atoms with E-state index in [4.69, 9.17) is 9.47 Å². The van der Waals surface area contributed by atoms with E-state index in [0.717, 1.165) is 38.5 Å². The average molecular weight is 451 g/mol. The average Bonchev–Trinajstić information content (AvgIpc) is 3.20. The van der Waals surface area contributed by atoms with Crippen molar-refractivity contribution < 1.29 is 29.3 Å². The molecule has 4 fully saturated rings. The summed E-state index contributed by atoms with van der Waals surface area (Å²) in [5, 5.41) is 20.9. The minimum absolute atomic E-state index is 0.266. The van der Waals surface area contributed by atoms with Gasteiger partial charge < -0.3 is 19.7 Å². The molecule has 2 saturated carbocycles. The summed E-state index contributed by atoms with van der Waals surface area (Å²) in [6, 6.07) is 0. The Labute approximate surface area is 192 Å². The maximum atomic E-state index is 12.7. The van der Waals surface area contributed by atoms with Gasteiger partial charge in [-0.3, -0.25) is 9.59 Å². The van der Waals surface area contributed by atoms with E-state index < -0.39 is 34.0 Å². The number of carboxylic acids is 2. The largest absolute Gasteiger partial charge is 0.481 e. The van der Waals surface area contributed by atoms with Crippen LogP contribution in [0.3, 0.4) is 0 Å². The molecule has 32 heavy (non-hydrogen) atoms. The third kappa shape index (κ3) is 3.19. The Kier molecular flexibility index (Phi) is 6.20. The van der Waals surface area contributed by atoms with Crippen LogP contribution in [0.25, 0.3) is 0 Å². The van der Waals surface area contributed by atoms with E-state index in [1.807, 2.05) is 13.8 Å². The number of aliphatic carboxylic acids is 2. The topological polar surface area (TPSA) is 93.1 Å². The molecule has 0 bridgehead atoms. The molecule has 0 aromatic rings. The zero-order valence-corrected chi connectivity index (χ0v) is 20.3. The van der Waals surface area contributed by atoms with E-state index in [0.29, 0.717) is 50.7 Å². The second kappa shape index (κ2) is 8.26. The Bertz CT molecular complexity index is 671. The highest BCUT2D eigenvalue weighted by molar-refractivity contribution is 5.77. The number of hydrogen-bond donors (Lipinski definition) is 2. The van der Waals surface area contributed by atoms with Crippen molar-refractivity contribution in [3.8, 4) is 0 Å². The molecule has 4 rings (SSSR count). The van der Waals surface area contributed by atoms with E-state index >= 15 is 0 Å². The van der Waals surface area contributed by atoms with Crippen LogP contribution in [-0.4, -0.2) is 46.6 Å². The van der Waals surface area contributed by atoms with Crippen LogP contribution < -0.4 is 0 Å². The van der Waals surface area contributed by atoms with Crippen molar-refractivity contribution in [1.82, 2.24) is 0 Å². The Balaban J connectivity index is 1.66. The summed E-state index contributed by atoms with van der Waals surface area (Å²) in [6.45, 7) is 9.04. The van der Waals surface area contributed by atoms with Gasteiger partial charge in [-0.15, -0.1) is 0 Å². The van der Waals surface area contributed by atoms with Gasteiger partial charge in [-0.25, -0.2) is 0 Å². The molecule has 2 N–H and O–H groups in total. The van der Waals surface area contributed by atoms with E-state index in [1.165, 1.54) is 0 Å². The highest BCUT2D eigenvalue weighted by atomic mass is 16.6. The van der Waals surface area contributed by atoms with Crippen molar-refractivity contribution >= 4 is 11.9 Å². The molecule has 2 aliphatic carbocycles. The van der Waals surface area contributed by atoms with Gasteiger partial charge in [-0.1, -0.05) is 26.7 Å². The predicted octanol–water partition coefficient (Wildman–Crippen LogP) is 5.14. The van der Waals surface area contributed by atoms with Crippen LogP contribution in [0.5, 0.6) is 0 Å². The summed E-state index contributed by atoms with van der Waals surface area (Å²) in [7, 11) is 0. The van der Waals surface area contributed by atoms with Crippen molar-refractivity contribution in [3.05, 3.63) is 0 Å². The van der Waals surface area contributed by atoms with E-state index in [1.54, 1.807) is 0 Å². The van der Waals surface area contributed by atoms with Crippen molar-refractivity contribution in [2.45, 2.75) is 103 Å². The van der Waals surface area contributed by atoms with E-state index in [-0.39, 0.29) is 11.8 Å². The Morgan fingerprint density at radius 3 is 1.28 bits per heavy atom. The zero-order chi connectivity index (χ0) is 23.4. The fourth-order valence-electron chi connectivity index (χ4n) is 8.01. The lowest BCUT2D eigenvalue weighted by molar-refractivity contribution is -0.169. The molecule has 182 valence electrons. The Morgan fingerprint density at radius 2 is 1.03 bits per heavy atom. The van der Waals surface area contributed by atoms with Gasteiger partial charge >= 0.3 is 11.9 Å². The monoisotopic (exact) mass is 450 g/mol. The number of carbonyl (C=O) groups is 2. The van der Waals surface area contributed by atoms with E-state index in [9.17, 15) is 19.8 Å². The summed E-state index contributed by atoms with van der Waals surface area (Å²) >= 11 is 0. The predicted molar refractivity (Wildman–Crippen MR) is 120 cm³/mol. The summed E-state index contributed by atoms with van der Waals surface area (Å²) in [5.74, 6) is -0.837. The number of fused-ring (bicyclic) bond motifs is 1. The first-order chi connectivity index (χ1) is 15.1. The second-order valence-corrected chi connectivity index (χ2v) is 11.6. The van der Waals surface area contributed by atoms with E-state index in [2.05, 4.69) is 13.8 Å². The third-order valence-corrected chi connectivity index (χ3v) is 10.8. The first kappa shape index (κ1) is 24.0. The van der Waals surface area contributed by atoms with Gasteiger partial charge in [-0.2, -0.15) is 0 Å². The van der Waals surface area contributed by atoms with Gasteiger partial charge in [0.15, 0.2) is 0 Å².